The molecule has 6 N–H and O–H groups in total. The fourth-order valence-corrected chi connectivity index (χ4v) is 15.0. The van der Waals surface area contributed by atoms with Crippen molar-refractivity contribution in [3.8, 4) is 43.4 Å². The van der Waals surface area contributed by atoms with Gasteiger partial charge < -0.3 is 41.0 Å². The minimum absolute atomic E-state index is 0.0114. The number of carbonyl (C=O) groups is 8. The molecule has 460 valence electrons. The molecule has 1 aromatic carbocycles. The van der Waals surface area contributed by atoms with Gasteiger partial charge in [-0.15, -0.1) is 68.0 Å². The van der Waals surface area contributed by atoms with E-state index in [0.29, 0.717) is 68.1 Å². The van der Waals surface area contributed by atoms with E-state index in [2.05, 4.69) is 21.3 Å². The molecule has 30 heteroatoms. The van der Waals surface area contributed by atoms with E-state index >= 15 is 0 Å². The Balaban J connectivity index is 1.12. The Kier molecular flexibility index (Phi) is 21.4. The van der Waals surface area contributed by atoms with Crippen molar-refractivity contribution in [2.75, 3.05) is 38.8 Å². The van der Waals surface area contributed by atoms with Crippen LogP contribution in [0.1, 0.15) is 145 Å². The SMILES string of the molecule is CNC(=O)C[C@@H]1NC(=O)c2csc(n2)-c2ccc(-c3nc(N(CCCC(=O)O)C(=O)OCCCC(=O)O)cs3)nc2-c2csc(n2)-c2csc(n2)[C@H]([C@@H](C)c2ccccc2)NC(=O)CNC(=O)c2nc(sc2COC)C(C(C)C)CC(=O)c2nc1sc2C. The number of pyridine rings is 1. The van der Waals surface area contributed by atoms with E-state index in [1.165, 1.54) is 64.4 Å². The summed E-state index contributed by atoms with van der Waals surface area (Å²) in [6.45, 7) is 6.99. The number of nitrogens with zero attached hydrogens (tertiary/aromatic N) is 8. The molecule has 24 nitrogen and oxygen atoms in total. The Bertz CT molecular complexity index is 3870. The molecule has 0 fully saturated rings. The number of hydrogen-bond acceptors (Lipinski definition) is 23. The molecule has 0 saturated heterocycles. The highest BCUT2D eigenvalue weighted by Crippen LogP contribution is 2.41. The van der Waals surface area contributed by atoms with Gasteiger partial charge in [-0.2, -0.15) is 0 Å². The Morgan fingerprint density at radius 2 is 1.41 bits per heavy atom. The van der Waals surface area contributed by atoms with Gasteiger partial charge >= 0.3 is 18.0 Å². The van der Waals surface area contributed by atoms with Gasteiger partial charge in [0.15, 0.2) is 5.78 Å². The van der Waals surface area contributed by atoms with Gasteiger partial charge in [0.25, 0.3) is 11.8 Å². The van der Waals surface area contributed by atoms with Crippen LogP contribution in [0.2, 0.25) is 0 Å². The van der Waals surface area contributed by atoms with Crippen LogP contribution in [0.4, 0.5) is 10.6 Å². The van der Waals surface area contributed by atoms with E-state index < -0.39 is 66.2 Å². The number of Topliss-reactive ketones (excluding diaryl/α,β-unsaturated/α-hetero) is 1. The zero-order chi connectivity index (χ0) is 62.8. The summed E-state index contributed by atoms with van der Waals surface area (Å²) < 4.78 is 10.9. The second-order valence-corrected chi connectivity index (χ2v) is 26.3. The first kappa shape index (κ1) is 64.3. The number of hydrogen-bond donors (Lipinski definition) is 6. The number of amides is 5. The smallest absolute Gasteiger partial charge is 0.415 e. The van der Waals surface area contributed by atoms with Gasteiger partial charge in [0.05, 0.1) is 53.8 Å². The zero-order valence-corrected chi connectivity index (χ0v) is 53.2. The Morgan fingerprint density at radius 1 is 0.716 bits per heavy atom. The summed E-state index contributed by atoms with van der Waals surface area (Å²) >= 11 is 7.33. The summed E-state index contributed by atoms with van der Waals surface area (Å²) in [5.41, 5.74) is 3.21. The first-order valence-corrected chi connectivity index (χ1v) is 32.8. The molecule has 4 atom stereocenters. The quantitative estimate of drug-likeness (QED) is 0.0462. The van der Waals surface area contributed by atoms with E-state index in [1.807, 2.05) is 56.5 Å². The number of carboxylic acid groups (broad SMARTS) is 2. The van der Waals surface area contributed by atoms with E-state index in [-0.39, 0.29) is 98.8 Å². The number of fused-ring (bicyclic) bond motifs is 14. The number of aliphatic carboxylic acids is 2. The van der Waals surface area contributed by atoms with Crippen molar-refractivity contribution in [1.29, 1.82) is 0 Å². The first-order valence-electron chi connectivity index (χ1n) is 27.6. The number of carbonyl (C=O) groups excluding carboxylic acids is 6. The molecule has 1 unspecified atom stereocenters. The lowest BCUT2D eigenvalue weighted by Crippen LogP contribution is -2.40. The maximum Gasteiger partial charge on any atom is 0.415 e. The number of rotatable bonds is 17. The standard InChI is InChI=1S/C58H60N12O12S6/c1-28(2)33-20-39(71)47-30(4)87-56(68-47)35(21-42(72)59-5)62-50(78)37-25-83-52(64-37)32-16-17-34(54-66-41(27-86-54)70(18-10-14-44(74)75)58(80)82-19-11-15-45(76)77)61-48(32)36-24-84-55(63-36)38-26-85-57(65-38)46(29(3)31-12-8-7-9-13-31)67-43(73)22-60-51(79)49-40(23-81-6)88-53(33)69-49/h7-9,12-13,16-17,24-29,33,35,46H,10-11,14-15,18-23H2,1-6H3,(H,59,72)(H,60,79)(H,62,78)(H,67,73)(H,74,75)(H,76,77)/t29-,33?,35-,46-/m0/s1. The molecule has 0 spiro atoms. The van der Waals surface area contributed by atoms with Crippen LogP contribution >= 0.6 is 68.0 Å². The molecule has 0 radical (unpaired) electrons. The average Bonchev–Trinajstić information content (AvgIpc) is 2.63. The lowest BCUT2D eigenvalue weighted by atomic mass is 9.90. The van der Waals surface area contributed by atoms with E-state index in [1.54, 1.807) is 35.2 Å². The number of anilines is 1. The second-order valence-electron chi connectivity index (χ2n) is 20.5. The topological polar surface area (TPSA) is 337 Å². The first-order chi connectivity index (χ1) is 42.3. The van der Waals surface area contributed by atoms with Crippen molar-refractivity contribution in [2.24, 2.45) is 5.92 Å². The number of methoxy groups -OCH3 is 1. The van der Waals surface area contributed by atoms with E-state index in [9.17, 15) is 43.5 Å². The van der Waals surface area contributed by atoms with Crippen LogP contribution in [0.15, 0.2) is 64.0 Å². The molecule has 1 aliphatic rings. The van der Waals surface area contributed by atoms with Gasteiger partial charge in [-0.1, -0.05) is 51.1 Å². The minimum atomic E-state index is -1.06. The predicted octanol–water partition coefficient (Wildman–Crippen LogP) is 9.94. The molecule has 8 heterocycles. The third kappa shape index (κ3) is 15.6. The summed E-state index contributed by atoms with van der Waals surface area (Å²) in [6.07, 6.45) is -1.43. The molecule has 0 saturated carbocycles. The molecular weight excluding hydrogens is 1250 g/mol. The summed E-state index contributed by atoms with van der Waals surface area (Å²) in [5, 5.41) is 39.3. The van der Waals surface area contributed by atoms with Crippen LogP contribution in [0, 0.1) is 12.8 Å². The zero-order valence-electron chi connectivity index (χ0n) is 48.3. The van der Waals surface area contributed by atoms with Gasteiger partial charge in [0.2, 0.25) is 11.8 Å². The van der Waals surface area contributed by atoms with Crippen molar-refractivity contribution >= 4 is 121 Å². The van der Waals surface area contributed by atoms with Crippen molar-refractivity contribution in [3.05, 3.63) is 111 Å². The largest absolute Gasteiger partial charge is 0.481 e. The second kappa shape index (κ2) is 29.2. The van der Waals surface area contributed by atoms with Crippen LogP contribution in [-0.2, 0) is 35.3 Å². The summed E-state index contributed by atoms with van der Waals surface area (Å²) in [6, 6.07) is 11.4. The molecule has 0 aliphatic carbocycles. The number of nitrogens with one attached hydrogen (secondary N) is 4. The summed E-state index contributed by atoms with van der Waals surface area (Å²) in [5.74, 6) is -5.30. The molecule has 1 aliphatic heterocycles. The maximum atomic E-state index is 14.4. The van der Waals surface area contributed by atoms with Crippen molar-refractivity contribution < 1.29 is 58.0 Å². The number of thiazole rings is 6. The number of ketones is 1. The Morgan fingerprint density at radius 3 is 2.15 bits per heavy atom. The van der Waals surface area contributed by atoms with Gasteiger partial charge in [-0.25, -0.2) is 39.7 Å². The van der Waals surface area contributed by atoms with Crippen molar-refractivity contribution in [2.45, 2.75) is 96.7 Å². The molecule has 10 bridgehead atoms. The van der Waals surface area contributed by atoms with E-state index in [0.717, 1.165) is 28.2 Å². The normalized spacial score (nSPS) is 16.1. The monoisotopic (exact) mass is 1310 g/mol. The van der Waals surface area contributed by atoms with Gasteiger partial charge in [-0.3, -0.25) is 38.5 Å². The molecule has 5 amide bonds. The van der Waals surface area contributed by atoms with Crippen LogP contribution in [-0.4, -0.2) is 126 Å². The van der Waals surface area contributed by atoms with Gasteiger partial charge in [-0.05, 0) is 43.4 Å². The Hall–Kier alpha value is -8.13. The lowest BCUT2D eigenvalue weighted by molar-refractivity contribution is -0.138. The molecular formula is C58H60N12O12S6. The number of benzene rings is 1. The molecule has 7 aromatic heterocycles. The van der Waals surface area contributed by atoms with Crippen LogP contribution in [0.25, 0.3) is 43.4 Å². The van der Waals surface area contributed by atoms with Crippen molar-refractivity contribution in [3.63, 3.8) is 0 Å². The summed E-state index contributed by atoms with van der Waals surface area (Å²) in [7, 11) is 2.97. The third-order valence-electron chi connectivity index (χ3n) is 14.0. The number of ether oxygens (including phenoxy) is 2. The van der Waals surface area contributed by atoms with Gasteiger partial charge in [0, 0.05) is 83.8 Å². The Labute approximate surface area is 528 Å². The molecule has 9 rings (SSSR count). The van der Waals surface area contributed by atoms with Gasteiger partial charge in [0.1, 0.15) is 65.0 Å². The fourth-order valence-electron chi connectivity index (χ4n) is 9.33. The fraction of sp³-hybridized carbons (Fsp3) is 0.362. The maximum absolute atomic E-state index is 14.4. The lowest BCUT2D eigenvalue weighted by Gasteiger charge is -2.24. The van der Waals surface area contributed by atoms with Crippen molar-refractivity contribution in [1.82, 2.24) is 56.2 Å². The van der Waals surface area contributed by atoms with E-state index in [4.69, 9.17) is 49.5 Å². The number of aryl methyl sites for hydroxylation is 1. The summed E-state index contributed by atoms with van der Waals surface area (Å²) in [4.78, 5) is 143. The van der Waals surface area contributed by atoms with Crippen LogP contribution in [0.5, 0.6) is 0 Å². The minimum Gasteiger partial charge on any atom is -0.481 e. The third-order valence-corrected chi connectivity index (χ3v) is 19.8. The highest BCUT2D eigenvalue weighted by Gasteiger charge is 2.33. The highest BCUT2D eigenvalue weighted by atomic mass is 32.1. The van der Waals surface area contributed by atoms with Crippen LogP contribution < -0.4 is 26.2 Å². The average molecular weight is 1310 g/mol. The highest BCUT2D eigenvalue weighted by molar-refractivity contribution is 7.15. The molecule has 8 aromatic rings. The number of aromatic nitrogens is 7. The number of carboxylic acids is 2. The van der Waals surface area contributed by atoms with Crippen LogP contribution in [0.3, 0.4) is 0 Å². The predicted molar refractivity (Wildman–Crippen MR) is 334 cm³/mol. The molecule has 88 heavy (non-hydrogen) atoms.